The molecule has 0 spiro atoms. The number of amides is 1. The number of pyridine rings is 1. The van der Waals surface area contributed by atoms with Gasteiger partial charge in [-0.3, -0.25) is 9.20 Å². The molecule has 5 rings (SSSR count). The monoisotopic (exact) mass is 406 g/mol. The standard InChI is InChI=1S/C23H26N4O3/c28-23(18-6-8-19(9-7-18)30-16-20-4-3-15-29-20)26-13-10-17(11-14-26)22-25-24-21-5-1-2-12-27(21)22/h1-2,5-9,12,17,20H,3-4,10-11,13-16H2/t20-/m1/s1. The summed E-state index contributed by atoms with van der Waals surface area (Å²) in [7, 11) is 0. The van der Waals surface area contributed by atoms with Gasteiger partial charge in [0.2, 0.25) is 0 Å². The van der Waals surface area contributed by atoms with E-state index in [1.807, 2.05) is 53.6 Å². The minimum atomic E-state index is 0.0743. The van der Waals surface area contributed by atoms with Crippen molar-refractivity contribution in [2.45, 2.75) is 37.7 Å². The number of rotatable bonds is 5. The molecule has 7 nitrogen and oxygen atoms in total. The van der Waals surface area contributed by atoms with Gasteiger partial charge >= 0.3 is 0 Å². The van der Waals surface area contributed by atoms with Gasteiger partial charge in [0, 0.05) is 37.4 Å². The largest absolute Gasteiger partial charge is 0.491 e. The third-order valence-corrected chi connectivity index (χ3v) is 6.05. The van der Waals surface area contributed by atoms with Crippen LogP contribution in [0.5, 0.6) is 5.75 Å². The highest BCUT2D eigenvalue weighted by Crippen LogP contribution is 2.28. The third-order valence-electron chi connectivity index (χ3n) is 6.05. The summed E-state index contributed by atoms with van der Waals surface area (Å²) in [4.78, 5) is 14.8. The fourth-order valence-corrected chi connectivity index (χ4v) is 4.32. The Morgan fingerprint density at radius 3 is 2.67 bits per heavy atom. The molecule has 0 saturated carbocycles. The van der Waals surface area contributed by atoms with Crippen LogP contribution in [-0.4, -0.2) is 57.8 Å². The maximum atomic E-state index is 12.9. The Labute approximate surface area is 175 Å². The van der Waals surface area contributed by atoms with E-state index in [1.54, 1.807) is 0 Å². The van der Waals surface area contributed by atoms with Gasteiger partial charge in [0.15, 0.2) is 5.65 Å². The van der Waals surface area contributed by atoms with Crippen LogP contribution in [0.3, 0.4) is 0 Å². The average molecular weight is 406 g/mol. The van der Waals surface area contributed by atoms with Crippen molar-refractivity contribution in [3.05, 3.63) is 60.0 Å². The number of hydrogen-bond donors (Lipinski definition) is 0. The van der Waals surface area contributed by atoms with Crippen molar-refractivity contribution in [3.63, 3.8) is 0 Å². The Bertz CT molecular complexity index is 1000. The average Bonchev–Trinajstić information content (AvgIpc) is 3.48. The van der Waals surface area contributed by atoms with Crippen LogP contribution in [0.2, 0.25) is 0 Å². The molecule has 1 amide bonds. The minimum Gasteiger partial charge on any atom is -0.491 e. The highest BCUT2D eigenvalue weighted by atomic mass is 16.5. The van der Waals surface area contributed by atoms with Crippen LogP contribution in [-0.2, 0) is 4.74 Å². The molecule has 30 heavy (non-hydrogen) atoms. The Morgan fingerprint density at radius 2 is 1.90 bits per heavy atom. The first-order chi connectivity index (χ1) is 14.8. The maximum absolute atomic E-state index is 12.9. The summed E-state index contributed by atoms with van der Waals surface area (Å²) in [6, 6.07) is 13.4. The lowest BCUT2D eigenvalue weighted by molar-refractivity contribution is 0.0677. The molecule has 156 valence electrons. The van der Waals surface area contributed by atoms with Gasteiger partial charge in [-0.05, 0) is 62.1 Å². The topological polar surface area (TPSA) is 69.0 Å². The van der Waals surface area contributed by atoms with Crippen molar-refractivity contribution in [1.82, 2.24) is 19.5 Å². The summed E-state index contributed by atoms with van der Waals surface area (Å²) in [5.74, 6) is 2.16. The molecule has 2 aromatic heterocycles. The molecule has 1 aromatic carbocycles. The fraction of sp³-hybridized carbons (Fsp3) is 0.435. The molecule has 0 bridgehead atoms. The zero-order chi connectivity index (χ0) is 20.3. The summed E-state index contributed by atoms with van der Waals surface area (Å²) < 4.78 is 13.4. The number of ether oxygens (including phenoxy) is 2. The predicted octanol–water partition coefficient (Wildman–Crippen LogP) is 3.31. The van der Waals surface area contributed by atoms with E-state index in [0.717, 1.165) is 62.6 Å². The van der Waals surface area contributed by atoms with Crippen molar-refractivity contribution in [1.29, 1.82) is 0 Å². The van der Waals surface area contributed by atoms with Gasteiger partial charge < -0.3 is 14.4 Å². The van der Waals surface area contributed by atoms with Gasteiger partial charge in [-0.25, -0.2) is 0 Å². The molecule has 0 unspecified atom stereocenters. The Hall–Kier alpha value is -2.93. The van der Waals surface area contributed by atoms with Crippen LogP contribution in [0.25, 0.3) is 5.65 Å². The van der Waals surface area contributed by atoms with E-state index in [9.17, 15) is 4.79 Å². The van der Waals surface area contributed by atoms with Crippen molar-refractivity contribution in [2.24, 2.45) is 0 Å². The summed E-state index contributed by atoms with van der Waals surface area (Å²) in [6.45, 7) is 2.84. The van der Waals surface area contributed by atoms with Crippen LogP contribution in [0.4, 0.5) is 0 Å². The number of aromatic nitrogens is 3. The van der Waals surface area contributed by atoms with Crippen LogP contribution < -0.4 is 4.74 Å². The number of piperidine rings is 1. The number of likely N-dealkylation sites (tertiary alicyclic amines) is 1. The molecule has 2 aliphatic heterocycles. The van der Waals surface area contributed by atoms with Gasteiger partial charge in [-0.15, -0.1) is 10.2 Å². The van der Waals surface area contributed by atoms with Crippen LogP contribution in [0.15, 0.2) is 48.7 Å². The minimum absolute atomic E-state index is 0.0743. The maximum Gasteiger partial charge on any atom is 0.253 e. The molecule has 1 atom stereocenters. The van der Waals surface area contributed by atoms with Crippen molar-refractivity contribution >= 4 is 11.6 Å². The second-order valence-electron chi connectivity index (χ2n) is 8.02. The van der Waals surface area contributed by atoms with E-state index in [-0.39, 0.29) is 12.0 Å². The molecule has 4 heterocycles. The SMILES string of the molecule is O=C(c1ccc(OC[C@H]2CCCO2)cc1)N1CCC(c2nnc3ccccn23)CC1. The predicted molar refractivity (Wildman–Crippen MR) is 112 cm³/mol. The Balaban J connectivity index is 1.17. The van der Waals surface area contributed by atoms with E-state index < -0.39 is 0 Å². The summed E-state index contributed by atoms with van der Waals surface area (Å²) in [6.07, 6.45) is 6.14. The first-order valence-electron chi connectivity index (χ1n) is 10.7. The quantitative estimate of drug-likeness (QED) is 0.650. The molecule has 0 aliphatic carbocycles. The summed E-state index contributed by atoms with van der Waals surface area (Å²) >= 11 is 0. The molecule has 2 saturated heterocycles. The fourth-order valence-electron chi connectivity index (χ4n) is 4.32. The van der Waals surface area contributed by atoms with Gasteiger partial charge in [-0.1, -0.05) is 6.07 Å². The zero-order valence-electron chi connectivity index (χ0n) is 16.9. The van der Waals surface area contributed by atoms with E-state index in [1.165, 1.54) is 0 Å². The summed E-state index contributed by atoms with van der Waals surface area (Å²) in [5, 5.41) is 8.65. The van der Waals surface area contributed by atoms with Crippen molar-refractivity contribution in [2.75, 3.05) is 26.3 Å². The van der Waals surface area contributed by atoms with Gasteiger partial charge in [0.25, 0.3) is 5.91 Å². The normalized spacial score (nSPS) is 20.0. The second-order valence-corrected chi connectivity index (χ2v) is 8.02. The molecule has 7 heteroatoms. The molecular formula is C23H26N4O3. The number of carbonyl (C=O) groups is 1. The molecule has 2 fully saturated rings. The Kier molecular flexibility index (Phi) is 5.36. The van der Waals surface area contributed by atoms with E-state index in [4.69, 9.17) is 9.47 Å². The van der Waals surface area contributed by atoms with E-state index in [2.05, 4.69) is 14.6 Å². The highest BCUT2D eigenvalue weighted by Gasteiger charge is 2.27. The van der Waals surface area contributed by atoms with Crippen LogP contribution in [0, 0.1) is 0 Å². The zero-order valence-corrected chi connectivity index (χ0v) is 16.9. The van der Waals surface area contributed by atoms with E-state index >= 15 is 0 Å². The molecular weight excluding hydrogens is 380 g/mol. The molecule has 3 aromatic rings. The first kappa shape index (κ1) is 19.1. The van der Waals surface area contributed by atoms with E-state index in [0.29, 0.717) is 18.1 Å². The van der Waals surface area contributed by atoms with Gasteiger partial charge in [0.05, 0.1) is 6.10 Å². The number of fused-ring (bicyclic) bond motifs is 1. The lowest BCUT2D eigenvalue weighted by atomic mass is 9.95. The van der Waals surface area contributed by atoms with Crippen molar-refractivity contribution in [3.8, 4) is 5.75 Å². The van der Waals surface area contributed by atoms with Crippen molar-refractivity contribution < 1.29 is 14.3 Å². The molecule has 0 N–H and O–H groups in total. The summed E-state index contributed by atoms with van der Waals surface area (Å²) in [5.41, 5.74) is 1.57. The molecule has 2 aliphatic rings. The number of benzene rings is 1. The first-order valence-corrected chi connectivity index (χ1v) is 10.7. The second kappa shape index (κ2) is 8.44. The highest BCUT2D eigenvalue weighted by molar-refractivity contribution is 5.94. The smallest absolute Gasteiger partial charge is 0.253 e. The number of carbonyl (C=O) groups excluding carboxylic acids is 1. The number of hydrogen-bond acceptors (Lipinski definition) is 5. The lowest BCUT2D eigenvalue weighted by Gasteiger charge is -2.31. The van der Waals surface area contributed by atoms with Gasteiger partial charge in [-0.2, -0.15) is 0 Å². The van der Waals surface area contributed by atoms with Crippen LogP contribution in [0.1, 0.15) is 47.8 Å². The Morgan fingerprint density at radius 1 is 1.07 bits per heavy atom. The third kappa shape index (κ3) is 3.89. The molecule has 0 radical (unpaired) electrons. The van der Waals surface area contributed by atoms with Crippen LogP contribution >= 0.6 is 0 Å². The van der Waals surface area contributed by atoms with Gasteiger partial charge in [0.1, 0.15) is 18.2 Å². The lowest BCUT2D eigenvalue weighted by Crippen LogP contribution is -2.38. The number of nitrogens with zero attached hydrogens (tertiary/aromatic N) is 4.